The van der Waals surface area contributed by atoms with Gasteiger partial charge in [0.2, 0.25) is 0 Å². The van der Waals surface area contributed by atoms with Crippen molar-refractivity contribution in [3.63, 3.8) is 0 Å². The van der Waals surface area contributed by atoms with Crippen LogP contribution < -0.4 is 5.32 Å². The third-order valence-corrected chi connectivity index (χ3v) is 4.43. The molecule has 1 aromatic rings. The maximum atomic E-state index is 5.29. The highest BCUT2D eigenvalue weighted by atomic mass is 16.5. The van der Waals surface area contributed by atoms with Gasteiger partial charge in [0.25, 0.3) is 0 Å². The van der Waals surface area contributed by atoms with Crippen LogP contribution in [-0.4, -0.2) is 50.8 Å². The second kappa shape index (κ2) is 7.92. The van der Waals surface area contributed by atoms with E-state index < -0.39 is 0 Å². The third-order valence-electron chi connectivity index (χ3n) is 4.43. The van der Waals surface area contributed by atoms with Gasteiger partial charge in [-0.25, -0.2) is 0 Å². The molecule has 0 amide bonds. The number of rotatable bonds is 10. The Morgan fingerprint density at radius 3 is 2.57 bits per heavy atom. The van der Waals surface area contributed by atoms with E-state index in [2.05, 4.69) is 54.4 Å². The molecule has 0 radical (unpaired) electrons. The van der Waals surface area contributed by atoms with Crippen molar-refractivity contribution in [1.29, 1.82) is 0 Å². The Balaban J connectivity index is 2.10. The van der Waals surface area contributed by atoms with Gasteiger partial charge in [0.1, 0.15) is 0 Å². The molecule has 1 fully saturated rings. The van der Waals surface area contributed by atoms with Gasteiger partial charge in [-0.15, -0.1) is 0 Å². The van der Waals surface area contributed by atoms with Crippen LogP contribution >= 0.6 is 0 Å². The molecule has 0 heterocycles. The van der Waals surface area contributed by atoms with Gasteiger partial charge in [0, 0.05) is 38.2 Å². The first-order chi connectivity index (χ1) is 10.2. The molecule has 21 heavy (non-hydrogen) atoms. The van der Waals surface area contributed by atoms with Crippen molar-refractivity contribution in [1.82, 2.24) is 10.2 Å². The second-order valence-electron chi connectivity index (χ2n) is 6.40. The lowest BCUT2D eigenvalue weighted by Gasteiger charge is -2.36. The highest BCUT2D eigenvalue weighted by molar-refractivity contribution is 5.26. The van der Waals surface area contributed by atoms with Gasteiger partial charge in [0.15, 0.2) is 0 Å². The minimum Gasteiger partial charge on any atom is -0.383 e. The van der Waals surface area contributed by atoms with Gasteiger partial charge in [-0.2, -0.15) is 0 Å². The van der Waals surface area contributed by atoms with Gasteiger partial charge in [-0.1, -0.05) is 44.2 Å². The van der Waals surface area contributed by atoms with Crippen LogP contribution in [0.15, 0.2) is 30.3 Å². The molecule has 0 aromatic heterocycles. The summed E-state index contributed by atoms with van der Waals surface area (Å²) in [7, 11) is 1.79. The van der Waals surface area contributed by atoms with Crippen LogP contribution in [-0.2, 0) is 10.2 Å². The molecule has 1 N–H and O–H groups in total. The molecule has 118 valence electrons. The average Bonchev–Trinajstić information content (AvgIpc) is 3.35. The van der Waals surface area contributed by atoms with E-state index in [-0.39, 0.29) is 5.41 Å². The molecule has 0 saturated heterocycles. The van der Waals surface area contributed by atoms with E-state index in [1.807, 2.05) is 0 Å². The number of methoxy groups -OCH3 is 1. The molecule has 1 aliphatic rings. The van der Waals surface area contributed by atoms with Gasteiger partial charge in [0.05, 0.1) is 6.61 Å². The fraction of sp³-hybridized carbons (Fsp3) is 0.667. The predicted octanol–water partition coefficient (Wildman–Crippen LogP) is 2.66. The Kier molecular flexibility index (Phi) is 6.22. The maximum Gasteiger partial charge on any atom is 0.0589 e. The largest absolute Gasteiger partial charge is 0.383 e. The zero-order chi connectivity index (χ0) is 15.1. The summed E-state index contributed by atoms with van der Waals surface area (Å²) in [6, 6.07) is 11.7. The number of ether oxygens (including phenoxy) is 1. The van der Waals surface area contributed by atoms with Crippen molar-refractivity contribution in [3.05, 3.63) is 35.9 Å². The van der Waals surface area contributed by atoms with Crippen LogP contribution in [0.2, 0.25) is 0 Å². The van der Waals surface area contributed by atoms with Crippen LogP contribution in [0.1, 0.15) is 32.3 Å². The standard InChI is InChI=1S/C18H30N2O/c1-4-19-14-18(2,16-8-6-5-7-9-16)15-20(12-13-21-3)17-10-11-17/h5-9,17,19H,4,10-15H2,1-3H3. The first kappa shape index (κ1) is 16.5. The first-order valence-corrected chi connectivity index (χ1v) is 8.19. The lowest BCUT2D eigenvalue weighted by Crippen LogP contribution is -2.47. The van der Waals surface area contributed by atoms with E-state index in [4.69, 9.17) is 4.74 Å². The highest BCUT2D eigenvalue weighted by Gasteiger charge is 2.35. The van der Waals surface area contributed by atoms with Crippen LogP contribution in [0.25, 0.3) is 0 Å². The van der Waals surface area contributed by atoms with Gasteiger partial charge in [-0.05, 0) is 24.9 Å². The highest BCUT2D eigenvalue weighted by Crippen LogP contribution is 2.32. The van der Waals surface area contributed by atoms with E-state index in [1.54, 1.807) is 7.11 Å². The molecule has 2 rings (SSSR count). The molecule has 1 aliphatic carbocycles. The topological polar surface area (TPSA) is 24.5 Å². The van der Waals surface area contributed by atoms with Crippen LogP contribution in [0.3, 0.4) is 0 Å². The Labute approximate surface area is 129 Å². The molecule has 0 spiro atoms. The van der Waals surface area contributed by atoms with Crippen LogP contribution in [0.4, 0.5) is 0 Å². The smallest absolute Gasteiger partial charge is 0.0589 e. The summed E-state index contributed by atoms with van der Waals surface area (Å²) in [5.74, 6) is 0. The van der Waals surface area contributed by atoms with E-state index in [9.17, 15) is 0 Å². The minimum absolute atomic E-state index is 0.146. The zero-order valence-corrected chi connectivity index (χ0v) is 13.8. The fourth-order valence-corrected chi connectivity index (χ4v) is 2.98. The van der Waals surface area contributed by atoms with Crippen LogP contribution in [0.5, 0.6) is 0 Å². The third kappa shape index (κ3) is 4.80. The number of nitrogens with zero attached hydrogens (tertiary/aromatic N) is 1. The number of nitrogens with one attached hydrogen (secondary N) is 1. The predicted molar refractivity (Wildman–Crippen MR) is 88.8 cm³/mol. The maximum absolute atomic E-state index is 5.29. The van der Waals surface area contributed by atoms with Crippen molar-refractivity contribution in [2.45, 2.75) is 38.1 Å². The average molecular weight is 290 g/mol. The summed E-state index contributed by atoms with van der Waals surface area (Å²) in [5, 5.41) is 3.55. The Bertz CT molecular complexity index is 405. The SMILES string of the molecule is CCNCC(C)(CN(CCOC)C1CC1)c1ccccc1. The summed E-state index contributed by atoms with van der Waals surface area (Å²) in [6.07, 6.45) is 2.69. The molecule has 3 heteroatoms. The van der Waals surface area contributed by atoms with Crippen molar-refractivity contribution in [2.75, 3.05) is 39.9 Å². The Morgan fingerprint density at radius 1 is 1.29 bits per heavy atom. The molecule has 3 nitrogen and oxygen atoms in total. The van der Waals surface area contributed by atoms with E-state index in [0.717, 1.165) is 38.8 Å². The summed E-state index contributed by atoms with van der Waals surface area (Å²) >= 11 is 0. The lowest BCUT2D eigenvalue weighted by atomic mass is 9.81. The van der Waals surface area contributed by atoms with Gasteiger partial charge < -0.3 is 10.1 Å². The molecule has 1 saturated carbocycles. The molecule has 1 unspecified atom stereocenters. The summed E-state index contributed by atoms with van der Waals surface area (Å²) in [4.78, 5) is 2.62. The number of benzene rings is 1. The van der Waals surface area contributed by atoms with Crippen LogP contribution in [0, 0.1) is 0 Å². The van der Waals surface area contributed by atoms with Crippen molar-refractivity contribution in [2.24, 2.45) is 0 Å². The minimum atomic E-state index is 0.146. The first-order valence-electron chi connectivity index (χ1n) is 8.19. The molecular weight excluding hydrogens is 260 g/mol. The van der Waals surface area contributed by atoms with E-state index in [1.165, 1.54) is 18.4 Å². The Morgan fingerprint density at radius 2 is 2.00 bits per heavy atom. The molecule has 0 aliphatic heterocycles. The Hall–Kier alpha value is -0.900. The summed E-state index contributed by atoms with van der Waals surface area (Å²) in [5.41, 5.74) is 1.57. The van der Waals surface area contributed by atoms with Gasteiger partial charge >= 0.3 is 0 Å². The van der Waals surface area contributed by atoms with E-state index in [0.29, 0.717) is 0 Å². The van der Waals surface area contributed by atoms with Crippen molar-refractivity contribution in [3.8, 4) is 0 Å². The zero-order valence-electron chi connectivity index (χ0n) is 13.8. The normalized spacial score (nSPS) is 17.9. The van der Waals surface area contributed by atoms with Gasteiger partial charge in [-0.3, -0.25) is 4.90 Å². The number of hydrogen-bond acceptors (Lipinski definition) is 3. The second-order valence-corrected chi connectivity index (χ2v) is 6.40. The van der Waals surface area contributed by atoms with Crippen molar-refractivity contribution >= 4 is 0 Å². The number of hydrogen-bond donors (Lipinski definition) is 1. The van der Waals surface area contributed by atoms with Crippen molar-refractivity contribution < 1.29 is 4.74 Å². The summed E-state index contributed by atoms with van der Waals surface area (Å²) in [6.45, 7) is 9.55. The molecule has 1 atom stereocenters. The number of likely N-dealkylation sites (N-methyl/N-ethyl adjacent to an activating group) is 1. The fourth-order valence-electron chi connectivity index (χ4n) is 2.98. The molecule has 1 aromatic carbocycles. The summed E-state index contributed by atoms with van der Waals surface area (Å²) < 4.78 is 5.29. The van der Waals surface area contributed by atoms with E-state index >= 15 is 0 Å². The molecule has 0 bridgehead atoms. The molecular formula is C18H30N2O. The lowest BCUT2D eigenvalue weighted by molar-refractivity contribution is 0.126. The monoisotopic (exact) mass is 290 g/mol. The quantitative estimate of drug-likeness (QED) is 0.717.